The highest BCUT2D eigenvalue weighted by atomic mass is 16.6. The molecular weight excluding hydrogens is 310 g/mol. The van der Waals surface area contributed by atoms with Crippen molar-refractivity contribution < 1.29 is 4.92 Å². The van der Waals surface area contributed by atoms with Crippen molar-refractivity contribution in [2.24, 2.45) is 5.10 Å². The minimum atomic E-state index is -0.443. The molecule has 0 radical (unpaired) electrons. The first-order chi connectivity index (χ1) is 11.4. The summed E-state index contributed by atoms with van der Waals surface area (Å²) >= 11 is 0. The molecule has 1 heterocycles. The zero-order chi connectivity index (χ0) is 17.7. The molecule has 1 aromatic heterocycles. The van der Waals surface area contributed by atoms with Crippen LogP contribution in [0, 0.1) is 10.1 Å². The Labute approximate surface area is 139 Å². The van der Waals surface area contributed by atoms with Gasteiger partial charge >= 0.3 is 0 Å². The Bertz CT molecular complexity index is 733. The topological polar surface area (TPSA) is 99.8 Å². The predicted octanol–water partition coefficient (Wildman–Crippen LogP) is 1.96. The van der Waals surface area contributed by atoms with Crippen LogP contribution in [0.15, 0.2) is 35.4 Å². The van der Waals surface area contributed by atoms with E-state index in [0.717, 1.165) is 5.82 Å². The predicted molar refractivity (Wildman–Crippen MR) is 95.0 cm³/mol. The number of nitrogens with zero attached hydrogens (tertiary/aromatic N) is 6. The quantitative estimate of drug-likeness (QED) is 0.491. The monoisotopic (exact) mass is 329 g/mol. The third kappa shape index (κ3) is 4.38. The van der Waals surface area contributed by atoms with Crippen LogP contribution in [0.2, 0.25) is 0 Å². The van der Waals surface area contributed by atoms with Crippen molar-refractivity contribution in [1.29, 1.82) is 0 Å². The van der Waals surface area contributed by atoms with E-state index in [4.69, 9.17) is 0 Å². The Hall–Kier alpha value is -3.23. The third-order valence-electron chi connectivity index (χ3n) is 3.03. The normalized spacial score (nSPS) is 10.7. The molecule has 9 nitrogen and oxygen atoms in total. The summed E-state index contributed by atoms with van der Waals surface area (Å²) in [4.78, 5) is 22.7. The highest BCUT2D eigenvalue weighted by Gasteiger charge is 2.07. The summed E-state index contributed by atoms with van der Waals surface area (Å²) in [6, 6.07) is 7.98. The molecule has 0 saturated heterocycles. The van der Waals surface area contributed by atoms with Crippen LogP contribution in [-0.4, -0.2) is 49.3 Å². The lowest BCUT2D eigenvalue weighted by Crippen LogP contribution is -2.17. The molecule has 0 saturated carbocycles. The molecule has 24 heavy (non-hydrogen) atoms. The first kappa shape index (κ1) is 17.1. The summed E-state index contributed by atoms with van der Waals surface area (Å²) in [6.45, 7) is 0. The van der Waals surface area contributed by atoms with Crippen LogP contribution in [0.1, 0.15) is 5.56 Å². The molecule has 0 aliphatic rings. The van der Waals surface area contributed by atoms with Gasteiger partial charge in [0.2, 0.25) is 5.95 Å². The van der Waals surface area contributed by atoms with E-state index in [-0.39, 0.29) is 5.69 Å². The SMILES string of the molecule is CN(C)c1cc(N/N=C\c2cccc([N+](=O)[O-])c2)nc(N(C)C)n1. The Balaban J connectivity index is 2.19. The van der Waals surface area contributed by atoms with Crippen molar-refractivity contribution >= 4 is 29.5 Å². The smallest absolute Gasteiger partial charge is 0.270 e. The fourth-order valence-corrected chi connectivity index (χ4v) is 1.80. The van der Waals surface area contributed by atoms with Gasteiger partial charge in [0, 0.05) is 52.0 Å². The van der Waals surface area contributed by atoms with Gasteiger partial charge in [0.1, 0.15) is 5.82 Å². The molecule has 0 aliphatic carbocycles. The van der Waals surface area contributed by atoms with E-state index < -0.39 is 4.92 Å². The van der Waals surface area contributed by atoms with E-state index >= 15 is 0 Å². The molecule has 0 aliphatic heterocycles. The van der Waals surface area contributed by atoms with Crippen LogP contribution in [0.3, 0.4) is 0 Å². The van der Waals surface area contributed by atoms with Crippen LogP contribution in [-0.2, 0) is 0 Å². The lowest BCUT2D eigenvalue weighted by molar-refractivity contribution is -0.384. The van der Waals surface area contributed by atoms with Gasteiger partial charge < -0.3 is 9.80 Å². The molecule has 9 heteroatoms. The van der Waals surface area contributed by atoms with Crippen molar-refractivity contribution in [1.82, 2.24) is 9.97 Å². The number of hydrazone groups is 1. The minimum absolute atomic E-state index is 0.0192. The Kier molecular flexibility index (Phi) is 5.25. The maximum atomic E-state index is 10.8. The van der Waals surface area contributed by atoms with Gasteiger partial charge in [0.15, 0.2) is 5.82 Å². The van der Waals surface area contributed by atoms with E-state index in [1.54, 1.807) is 23.1 Å². The highest BCUT2D eigenvalue weighted by molar-refractivity contribution is 5.81. The van der Waals surface area contributed by atoms with Gasteiger partial charge in [0.05, 0.1) is 11.1 Å². The number of non-ortho nitro benzene ring substituents is 1. The molecule has 0 bridgehead atoms. The van der Waals surface area contributed by atoms with Gasteiger partial charge in [0.25, 0.3) is 5.69 Å². The van der Waals surface area contributed by atoms with Gasteiger partial charge in [-0.05, 0) is 0 Å². The number of nitrogens with one attached hydrogen (secondary N) is 1. The lowest BCUT2D eigenvalue weighted by Gasteiger charge is -2.16. The number of hydrogen-bond donors (Lipinski definition) is 1. The summed E-state index contributed by atoms with van der Waals surface area (Å²) in [5.74, 6) is 1.81. The third-order valence-corrected chi connectivity index (χ3v) is 3.03. The molecular formula is C15H19N7O2. The zero-order valence-electron chi connectivity index (χ0n) is 14.0. The molecule has 126 valence electrons. The minimum Gasteiger partial charge on any atom is -0.363 e. The number of anilines is 3. The van der Waals surface area contributed by atoms with Crippen LogP contribution in [0.4, 0.5) is 23.3 Å². The Morgan fingerprint density at radius 3 is 2.54 bits per heavy atom. The second kappa shape index (κ2) is 7.36. The first-order valence-corrected chi connectivity index (χ1v) is 7.14. The van der Waals surface area contributed by atoms with Crippen LogP contribution in [0.25, 0.3) is 0 Å². The molecule has 2 aromatic rings. The molecule has 2 rings (SSSR count). The lowest BCUT2D eigenvalue weighted by atomic mass is 10.2. The van der Waals surface area contributed by atoms with Crippen LogP contribution in [0.5, 0.6) is 0 Å². The fourth-order valence-electron chi connectivity index (χ4n) is 1.80. The van der Waals surface area contributed by atoms with Gasteiger partial charge in [-0.2, -0.15) is 15.1 Å². The molecule has 0 fully saturated rings. The average Bonchev–Trinajstić information content (AvgIpc) is 2.54. The summed E-state index contributed by atoms with van der Waals surface area (Å²) in [6.07, 6.45) is 1.50. The summed E-state index contributed by atoms with van der Waals surface area (Å²) in [5, 5.41) is 14.9. The molecule has 0 atom stereocenters. The Morgan fingerprint density at radius 1 is 1.17 bits per heavy atom. The van der Waals surface area contributed by atoms with Crippen LogP contribution >= 0.6 is 0 Å². The second-order valence-electron chi connectivity index (χ2n) is 5.42. The molecule has 1 aromatic carbocycles. The standard InChI is InChI=1S/C15H19N7O2/c1-20(2)14-9-13(17-15(18-14)21(3)4)19-16-10-11-6-5-7-12(8-11)22(23)24/h5-10H,1-4H3,(H,17,18,19)/b16-10-. The average molecular weight is 329 g/mol. The summed E-state index contributed by atoms with van der Waals surface area (Å²) in [5.41, 5.74) is 3.46. The summed E-state index contributed by atoms with van der Waals surface area (Å²) < 4.78 is 0. The van der Waals surface area contributed by atoms with Crippen molar-refractivity contribution in [2.45, 2.75) is 0 Å². The molecule has 0 spiro atoms. The number of benzene rings is 1. The second-order valence-corrected chi connectivity index (χ2v) is 5.42. The van der Waals surface area contributed by atoms with Gasteiger partial charge in [-0.1, -0.05) is 12.1 Å². The van der Waals surface area contributed by atoms with Crippen LogP contribution < -0.4 is 15.2 Å². The van der Waals surface area contributed by atoms with Gasteiger partial charge in [-0.3, -0.25) is 15.5 Å². The number of rotatable bonds is 6. The molecule has 0 unspecified atom stereocenters. The van der Waals surface area contributed by atoms with E-state index in [2.05, 4.69) is 20.5 Å². The van der Waals surface area contributed by atoms with Crippen molar-refractivity contribution in [2.75, 3.05) is 43.4 Å². The Morgan fingerprint density at radius 2 is 1.92 bits per heavy atom. The van der Waals surface area contributed by atoms with E-state index in [9.17, 15) is 10.1 Å². The van der Waals surface area contributed by atoms with E-state index in [1.807, 2.05) is 33.1 Å². The fraction of sp³-hybridized carbons (Fsp3) is 0.267. The van der Waals surface area contributed by atoms with Crippen molar-refractivity contribution in [3.05, 3.63) is 46.0 Å². The zero-order valence-corrected chi connectivity index (χ0v) is 14.0. The van der Waals surface area contributed by atoms with E-state index in [1.165, 1.54) is 18.3 Å². The van der Waals surface area contributed by atoms with Gasteiger partial charge in [-0.25, -0.2) is 0 Å². The maximum Gasteiger partial charge on any atom is 0.270 e. The highest BCUT2D eigenvalue weighted by Crippen LogP contribution is 2.18. The first-order valence-electron chi connectivity index (χ1n) is 7.14. The summed E-state index contributed by atoms with van der Waals surface area (Å²) in [7, 11) is 7.48. The largest absolute Gasteiger partial charge is 0.363 e. The maximum absolute atomic E-state index is 10.8. The number of aromatic nitrogens is 2. The van der Waals surface area contributed by atoms with Crippen molar-refractivity contribution in [3.8, 4) is 0 Å². The molecule has 0 amide bonds. The number of hydrogen-bond acceptors (Lipinski definition) is 8. The van der Waals surface area contributed by atoms with Gasteiger partial charge in [-0.15, -0.1) is 0 Å². The molecule has 1 N–H and O–H groups in total. The number of nitro groups is 1. The van der Waals surface area contributed by atoms with E-state index in [0.29, 0.717) is 17.3 Å². The van der Waals surface area contributed by atoms with Crippen molar-refractivity contribution in [3.63, 3.8) is 0 Å². The number of nitro benzene ring substituents is 1.